The number of nitrogens with one attached hydrogen (secondary N) is 1. The first-order chi connectivity index (χ1) is 12.4. The SMILES string of the molecule is Cc1ccc(C(=O)NCc2ccc3c(c2)CC(C)(C)O3)cc1OCCN. The molecule has 1 aliphatic rings. The van der Waals surface area contributed by atoms with E-state index >= 15 is 0 Å². The Morgan fingerprint density at radius 1 is 1.27 bits per heavy atom. The number of fused-ring (bicyclic) bond motifs is 1. The van der Waals surface area contributed by atoms with Crippen molar-refractivity contribution in [3.05, 3.63) is 58.7 Å². The maximum atomic E-state index is 12.5. The van der Waals surface area contributed by atoms with Crippen molar-refractivity contribution in [2.75, 3.05) is 13.2 Å². The van der Waals surface area contributed by atoms with Gasteiger partial charge in [0.15, 0.2) is 0 Å². The van der Waals surface area contributed by atoms with E-state index in [1.54, 1.807) is 12.1 Å². The van der Waals surface area contributed by atoms with Crippen LogP contribution in [-0.4, -0.2) is 24.7 Å². The first-order valence-corrected chi connectivity index (χ1v) is 8.90. The molecule has 3 rings (SSSR count). The van der Waals surface area contributed by atoms with Crippen LogP contribution in [0.4, 0.5) is 0 Å². The second-order valence-electron chi connectivity index (χ2n) is 7.28. The number of rotatable bonds is 6. The first kappa shape index (κ1) is 18.3. The molecule has 0 aromatic heterocycles. The predicted molar refractivity (Wildman–Crippen MR) is 102 cm³/mol. The summed E-state index contributed by atoms with van der Waals surface area (Å²) in [7, 11) is 0. The Morgan fingerprint density at radius 3 is 2.85 bits per heavy atom. The average Bonchev–Trinajstić information content (AvgIpc) is 2.91. The number of benzene rings is 2. The lowest BCUT2D eigenvalue weighted by atomic mass is 10.0. The number of carbonyl (C=O) groups excluding carboxylic acids is 1. The summed E-state index contributed by atoms with van der Waals surface area (Å²) >= 11 is 0. The van der Waals surface area contributed by atoms with Gasteiger partial charge in [0.05, 0.1) is 0 Å². The largest absolute Gasteiger partial charge is 0.492 e. The third kappa shape index (κ3) is 4.17. The smallest absolute Gasteiger partial charge is 0.251 e. The third-order valence-corrected chi connectivity index (χ3v) is 4.41. The summed E-state index contributed by atoms with van der Waals surface area (Å²) in [5, 5.41) is 2.97. The Kier molecular flexibility index (Phi) is 5.18. The van der Waals surface area contributed by atoms with E-state index in [1.807, 2.05) is 25.1 Å². The van der Waals surface area contributed by atoms with Gasteiger partial charge in [-0.15, -0.1) is 0 Å². The second kappa shape index (κ2) is 7.38. The lowest BCUT2D eigenvalue weighted by Gasteiger charge is -2.16. The fraction of sp³-hybridized carbons (Fsp3) is 0.381. The fourth-order valence-corrected chi connectivity index (χ4v) is 3.12. The van der Waals surface area contributed by atoms with Crippen molar-refractivity contribution in [2.45, 2.75) is 39.3 Å². The van der Waals surface area contributed by atoms with Crippen molar-refractivity contribution in [2.24, 2.45) is 5.73 Å². The van der Waals surface area contributed by atoms with Crippen LogP contribution in [-0.2, 0) is 13.0 Å². The minimum Gasteiger partial charge on any atom is -0.492 e. The molecule has 0 atom stereocenters. The molecule has 2 aromatic rings. The van der Waals surface area contributed by atoms with Gasteiger partial charge < -0.3 is 20.5 Å². The van der Waals surface area contributed by atoms with Crippen LogP contribution < -0.4 is 20.5 Å². The van der Waals surface area contributed by atoms with Gasteiger partial charge in [-0.2, -0.15) is 0 Å². The number of hydrogen-bond donors (Lipinski definition) is 2. The molecule has 0 spiro atoms. The van der Waals surface area contributed by atoms with E-state index in [0.29, 0.717) is 31.0 Å². The van der Waals surface area contributed by atoms with Gasteiger partial charge >= 0.3 is 0 Å². The molecule has 0 saturated heterocycles. The fourth-order valence-electron chi connectivity index (χ4n) is 3.12. The molecular weight excluding hydrogens is 328 g/mol. The lowest BCUT2D eigenvalue weighted by Crippen LogP contribution is -2.24. The molecule has 1 amide bonds. The molecule has 138 valence electrons. The third-order valence-electron chi connectivity index (χ3n) is 4.41. The molecule has 26 heavy (non-hydrogen) atoms. The van der Waals surface area contributed by atoms with Gasteiger partial charge in [-0.05, 0) is 55.7 Å². The minimum absolute atomic E-state index is 0.125. The number of ether oxygens (including phenoxy) is 2. The zero-order chi connectivity index (χ0) is 18.7. The Hall–Kier alpha value is -2.53. The van der Waals surface area contributed by atoms with Crippen LogP contribution in [0.1, 0.15) is 40.9 Å². The van der Waals surface area contributed by atoms with Gasteiger partial charge in [-0.25, -0.2) is 0 Å². The lowest BCUT2D eigenvalue weighted by molar-refractivity contribution is 0.0950. The Morgan fingerprint density at radius 2 is 2.08 bits per heavy atom. The molecule has 0 unspecified atom stereocenters. The van der Waals surface area contributed by atoms with Gasteiger partial charge in [0.25, 0.3) is 5.91 Å². The Labute approximate surface area is 154 Å². The average molecular weight is 354 g/mol. The molecular formula is C21H26N2O3. The molecule has 0 saturated carbocycles. The van der Waals surface area contributed by atoms with Crippen molar-refractivity contribution < 1.29 is 14.3 Å². The number of hydrogen-bond acceptors (Lipinski definition) is 4. The summed E-state index contributed by atoms with van der Waals surface area (Å²) in [6.07, 6.45) is 0.879. The first-order valence-electron chi connectivity index (χ1n) is 8.90. The highest BCUT2D eigenvalue weighted by atomic mass is 16.5. The van der Waals surface area contributed by atoms with Crippen LogP contribution >= 0.6 is 0 Å². The van der Waals surface area contributed by atoms with Crippen molar-refractivity contribution in [3.8, 4) is 11.5 Å². The molecule has 3 N–H and O–H groups in total. The standard InChI is InChI=1S/C21H26N2O3/c1-14-4-6-16(11-19(14)25-9-8-22)20(24)23-13-15-5-7-18-17(10-15)12-21(2,3)26-18/h4-7,10-11H,8-9,12-13,22H2,1-3H3,(H,23,24). The summed E-state index contributed by atoms with van der Waals surface area (Å²) in [6, 6.07) is 11.5. The van der Waals surface area contributed by atoms with Crippen molar-refractivity contribution in [1.82, 2.24) is 5.32 Å². The van der Waals surface area contributed by atoms with Gasteiger partial charge in [0.2, 0.25) is 0 Å². The summed E-state index contributed by atoms with van der Waals surface area (Å²) in [6.45, 7) is 7.45. The maximum absolute atomic E-state index is 12.5. The number of amides is 1. The van der Waals surface area contributed by atoms with Crippen LogP contribution in [0.3, 0.4) is 0 Å². The molecule has 1 heterocycles. The Bertz CT molecular complexity index is 815. The highest BCUT2D eigenvalue weighted by molar-refractivity contribution is 5.94. The van der Waals surface area contributed by atoms with Gasteiger partial charge in [-0.3, -0.25) is 4.79 Å². The van der Waals surface area contributed by atoms with E-state index in [4.69, 9.17) is 15.2 Å². The predicted octanol–water partition coefficient (Wildman–Crippen LogP) is 2.98. The van der Waals surface area contributed by atoms with Crippen LogP contribution in [0, 0.1) is 6.92 Å². The highest BCUT2D eigenvalue weighted by Gasteiger charge is 2.29. The van der Waals surface area contributed by atoms with Gasteiger partial charge in [0.1, 0.15) is 23.7 Å². The minimum atomic E-state index is -0.161. The van der Waals surface area contributed by atoms with E-state index in [-0.39, 0.29) is 11.5 Å². The Balaban J connectivity index is 1.65. The van der Waals surface area contributed by atoms with Crippen LogP contribution in [0.5, 0.6) is 11.5 Å². The van der Waals surface area contributed by atoms with Crippen LogP contribution in [0.2, 0.25) is 0 Å². The quantitative estimate of drug-likeness (QED) is 0.836. The van der Waals surface area contributed by atoms with Crippen molar-refractivity contribution in [1.29, 1.82) is 0 Å². The molecule has 5 heteroatoms. The molecule has 2 aromatic carbocycles. The maximum Gasteiger partial charge on any atom is 0.251 e. The zero-order valence-corrected chi connectivity index (χ0v) is 15.6. The van der Waals surface area contributed by atoms with E-state index in [0.717, 1.165) is 23.3 Å². The number of carbonyl (C=O) groups is 1. The van der Waals surface area contributed by atoms with E-state index in [9.17, 15) is 4.79 Å². The molecule has 0 radical (unpaired) electrons. The van der Waals surface area contributed by atoms with E-state index < -0.39 is 0 Å². The van der Waals surface area contributed by atoms with Crippen LogP contribution in [0.15, 0.2) is 36.4 Å². The zero-order valence-electron chi connectivity index (χ0n) is 15.6. The topological polar surface area (TPSA) is 73.6 Å². The monoisotopic (exact) mass is 354 g/mol. The number of aryl methyl sites for hydroxylation is 1. The van der Waals surface area contributed by atoms with Crippen LogP contribution in [0.25, 0.3) is 0 Å². The highest BCUT2D eigenvalue weighted by Crippen LogP contribution is 2.35. The number of nitrogens with two attached hydrogens (primary N) is 1. The van der Waals surface area contributed by atoms with Crippen molar-refractivity contribution in [3.63, 3.8) is 0 Å². The molecule has 0 bridgehead atoms. The molecule has 5 nitrogen and oxygen atoms in total. The summed E-state index contributed by atoms with van der Waals surface area (Å²) in [5.41, 5.74) is 9.13. The van der Waals surface area contributed by atoms with Crippen molar-refractivity contribution >= 4 is 5.91 Å². The normalized spacial score (nSPS) is 14.5. The summed E-state index contributed by atoms with van der Waals surface area (Å²) in [5.74, 6) is 1.50. The molecule has 1 aliphatic heterocycles. The van der Waals surface area contributed by atoms with Gasteiger partial charge in [-0.1, -0.05) is 18.2 Å². The summed E-state index contributed by atoms with van der Waals surface area (Å²) < 4.78 is 11.5. The molecule has 0 fully saturated rings. The van der Waals surface area contributed by atoms with Gasteiger partial charge in [0, 0.05) is 25.1 Å². The van der Waals surface area contributed by atoms with E-state index in [2.05, 4.69) is 25.2 Å². The second-order valence-corrected chi connectivity index (χ2v) is 7.28. The summed E-state index contributed by atoms with van der Waals surface area (Å²) in [4.78, 5) is 12.5. The van der Waals surface area contributed by atoms with E-state index in [1.165, 1.54) is 5.56 Å². The molecule has 0 aliphatic carbocycles.